The van der Waals surface area contributed by atoms with Gasteiger partial charge in [-0.1, -0.05) is 0 Å². The van der Waals surface area contributed by atoms with E-state index in [2.05, 4.69) is 21.2 Å². The smallest absolute Gasteiger partial charge is 0.127 e. The van der Waals surface area contributed by atoms with E-state index in [0.29, 0.717) is 6.54 Å². The molecule has 0 atom stereocenters. The molecule has 2 rings (SSSR count). The Labute approximate surface area is 133 Å². The fourth-order valence-electron chi connectivity index (χ4n) is 1.96. The molecule has 0 heterocycles. The Kier molecular flexibility index (Phi) is 5.33. The van der Waals surface area contributed by atoms with Gasteiger partial charge in [-0.3, -0.25) is 0 Å². The molecule has 112 valence electrons. The number of hydrogen-bond acceptors (Lipinski definition) is 4. The minimum atomic E-state index is 0.638. The zero-order chi connectivity index (χ0) is 15.2. The lowest BCUT2D eigenvalue weighted by atomic mass is 10.2. The van der Waals surface area contributed by atoms with Gasteiger partial charge in [0, 0.05) is 28.7 Å². The van der Waals surface area contributed by atoms with Crippen LogP contribution >= 0.6 is 15.9 Å². The fourth-order valence-corrected chi connectivity index (χ4v) is 2.34. The molecule has 0 amide bonds. The number of methoxy groups -OCH3 is 3. The third kappa shape index (κ3) is 3.82. The molecule has 0 aliphatic carbocycles. The van der Waals surface area contributed by atoms with Gasteiger partial charge in [0.1, 0.15) is 17.2 Å². The van der Waals surface area contributed by atoms with Crippen LogP contribution in [0.3, 0.4) is 0 Å². The summed E-state index contributed by atoms with van der Waals surface area (Å²) in [7, 11) is 4.94. The summed E-state index contributed by atoms with van der Waals surface area (Å²) >= 11 is 3.52. The molecule has 2 aromatic carbocycles. The molecule has 4 nitrogen and oxygen atoms in total. The molecule has 0 aromatic heterocycles. The predicted octanol–water partition coefficient (Wildman–Crippen LogP) is 4.09. The van der Waals surface area contributed by atoms with Crippen molar-refractivity contribution < 1.29 is 14.2 Å². The Balaban J connectivity index is 2.16. The van der Waals surface area contributed by atoms with Crippen LogP contribution < -0.4 is 19.5 Å². The van der Waals surface area contributed by atoms with Gasteiger partial charge >= 0.3 is 0 Å². The second-order valence-corrected chi connectivity index (χ2v) is 5.23. The molecule has 1 N–H and O–H groups in total. The fraction of sp³-hybridized carbons (Fsp3) is 0.250. The number of ether oxygens (including phenoxy) is 3. The summed E-state index contributed by atoms with van der Waals surface area (Å²) in [6.07, 6.45) is 0. The molecule has 0 spiro atoms. The standard InChI is InChI=1S/C16H18BrNO3/c1-19-12-6-7-14(17)15(8-12)18-10-11-4-5-13(20-2)9-16(11)21-3/h4-9,18H,10H2,1-3H3. The zero-order valence-corrected chi connectivity index (χ0v) is 13.9. The van der Waals surface area contributed by atoms with Crippen LogP contribution in [0, 0.1) is 0 Å². The van der Waals surface area contributed by atoms with Gasteiger partial charge in [0.25, 0.3) is 0 Å². The number of benzene rings is 2. The van der Waals surface area contributed by atoms with Gasteiger partial charge in [0.05, 0.1) is 27.0 Å². The van der Waals surface area contributed by atoms with Crippen molar-refractivity contribution in [3.8, 4) is 17.2 Å². The van der Waals surface area contributed by atoms with Crippen molar-refractivity contribution in [2.24, 2.45) is 0 Å². The van der Waals surface area contributed by atoms with Crippen LogP contribution in [-0.4, -0.2) is 21.3 Å². The monoisotopic (exact) mass is 351 g/mol. The first-order chi connectivity index (χ1) is 10.2. The van der Waals surface area contributed by atoms with Gasteiger partial charge in [-0.25, -0.2) is 0 Å². The Bertz CT molecular complexity index is 616. The highest BCUT2D eigenvalue weighted by Gasteiger charge is 2.07. The number of nitrogens with one attached hydrogen (secondary N) is 1. The summed E-state index contributed by atoms with van der Waals surface area (Å²) in [4.78, 5) is 0. The largest absolute Gasteiger partial charge is 0.497 e. The van der Waals surface area contributed by atoms with E-state index >= 15 is 0 Å². The van der Waals surface area contributed by atoms with Crippen LogP contribution in [0.25, 0.3) is 0 Å². The van der Waals surface area contributed by atoms with Gasteiger partial charge in [0.2, 0.25) is 0 Å². The Morgan fingerprint density at radius 3 is 2.24 bits per heavy atom. The van der Waals surface area contributed by atoms with E-state index in [-0.39, 0.29) is 0 Å². The second kappa shape index (κ2) is 7.22. The molecule has 21 heavy (non-hydrogen) atoms. The Morgan fingerprint density at radius 2 is 1.57 bits per heavy atom. The van der Waals surface area contributed by atoms with Crippen molar-refractivity contribution in [2.45, 2.75) is 6.54 Å². The van der Waals surface area contributed by atoms with Crippen molar-refractivity contribution in [3.63, 3.8) is 0 Å². The van der Waals surface area contributed by atoms with E-state index in [4.69, 9.17) is 14.2 Å². The predicted molar refractivity (Wildman–Crippen MR) is 87.6 cm³/mol. The number of halogens is 1. The first-order valence-corrected chi connectivity index (χ1v) is 7.25. The molecule has 0 unspecified atom stereocenters. The average Bonchev–Trinajstić information content (AvgIpc) is 2.54. The minimum Gasteiger partial charge on any atom is -0.497 e. The molecular weight excluding hydrogens is 334 g/mol. The third-order valence-electron chi connectivity index (χ3n) is 3.14. The van der Waals surface area contributed by atoms with E-state index < -0.39 is 0 Å². The highest BCUT2D eigenvalue weighted by Crippen LogP contribution is 2.29. The van der Waals surface area contributed by atoms with Gasteiger partial charge in [-0.2, -0.15) is 0 Å². The lowest BCUT2D eigenvalue weighted by molar-refractivity contribution is 0.391. The first-order valence-electron chi connectivity index (χ1n) is 6.46. The van der Waals surface area contributed by atoms with Crippen molar-refractivity contribution >= 4 is 21.6 Å². The van der Waals surface area contributed by atoms with E-state index in [9.17, 15) is 0 Å². The lowest BCUT2D eigenvalue weighted by Gasteiger charge is -2.13. The highest BCUT2D eigenvalue weighted by molar-refractivity contribution is 9.10. The van der Waals surface area contributed by atoms with Crippen LogP contribution in [0.1, 0.15) is 5.56 Å². The molecule has 0 saturated heterocycles. The maximum Gasteiger partial charge on any atom is 0.127 e. The number of hydrogen-bond donors (Lipinski definition) is 1. The minimum absolute atomic E-state index is 0.638. The van der Waals surface area contributed by atoms with Crippen LogP contribution in [0.2, 0.25) is 0 Å². The van der Waals surface area contributed by atoms with Crippen LogP contribution in [0.4, 0.5) is 5.69 Å². The summed E-state index contributed by atoms with van der Waals surface area (Å²) in [5.41, 5.74) is 2.01. The summed E-state index contributed by atoms with van der Waals surface area (Å²) in [6, 6.07) is 11.6. The van der Waals surface area contributed by atoms with Gasteiger partial charge < -0.3 is 19.5 Å². The summed E-state index contributed by atoms with van der Waals surface area (Å²) < 4.78 is 16.8. The van der Waals surface area contributed by atoms with E-state index in [0.717, 1.165) is 33.0 Å². The van der Waals surface area contributed by atoms with E-state index in [1.807, 2.05) is 36.4 Å². The SMILES string of the molecule is COc1ccc(Br)c(NCc2ccc(OC)cc2OC)c1. The van der Waals surface area contributed by atoms with Crippen molar-refractivity contribution in [1.29, 1.82) is 0 Å². The Morgan fingerprint density at radius 1 is 0.905 bits per heavy atom. The molecule has 5 heteroatoms. The molecule has 0 fully saturated rings. The summed E-state index contributed by atoms with van der Waals surface area (Å²) in [6.45, 7) is 0.638. The summed E-state index contributed by atoms with van der Waals surface area (Å²) in [5.74, 6) is 2.38. The molecule has 0 aliphatic rings. The van der Waals surface area contributed by atoms with Crippen molar-refractivity contribution in [2.75, 3.05) is 26.6 Å². The Hall–Kier alpha value is -1.88. The van der Waals surface area contributed by atoms with Crippen LogP contribution in [-0.2, 0) is 6.54 Å². The normalized spacial score (nSPS) is 10.1. The molecule has 0 bridgehead atoms. The highest BCUT2D eigenvalue weighted by atomic mass is 79.9. The van der Waals surface area contributed by atoms with Crippen molar-refractivity contribution in [3.05, 3.63) is 46.4 Å². The topological polar surface area (TPSA) is 39.7 Å². The molecule has 0 aliphatic heterocycles. The lowest BCUT2D eigenvalue weighted by Crippen LogP contribution is -2.03. The maximum absolute atomic E-state index is 5.39. The molecule has 0 radical (unpaired) electrons. The van der Waals surface area contributed by atoms with Crippen molar-refractivity contribution in [1.82, 2.24) is 0 Å². The second-order valence-electron chi connectivity index (χ2n) is 4.38. The van der Waals surface area contributed by atoms with Gasteiger partial charge in [-0.05, 0) is 40.2 Å². The number of anilines is 1. The number of rotatable bonds is 6. The average molecular weight is 352 g/mol. The molecular formula is C16H18BrNO3. The van der Waals surface area contributed by atoms with Crippen LogP contribution in [0.5, 0.6) is 17.2 Å². The van der Waals surface area contributed by atoms with E-state index in [1.54, 1.807) is 21.3 Å². The molecule has 2 aromatic rings. The summed E-state index contributed by atoms with van der Waals surface area (Å²) in [5, 5.41) is 3.37. The maximum atomic E-state index is 5.39. The van der Waals surface area contributed by atoms with Gasteiger partial charge in [-0.15, -0.1) is 0 Å². The molecule has 0 saturated carbocycles. The van der Waals surface area contributed by atoms with E-state index in [1.165, 1.54) is 0 Å². The first kappa shape index (κ1) is 15.5. The van der Waals surface area contributed by atoms with Gasteiger partial charge in [0.15, 0.2) is 0 Å². The third-order valence-corrected chi connectivity index (χ3v) is 3.83. The van der Waals surface area contributed by atoms with Crippen LogP contribution in [0.15, 0.2) is 40.9 Å². The quantitative estimate of drug-likeness (QED) is 0.850. The zero-order valence-electron chi connectivity index (χ0n) is 12.3.